The minimum Gasteiger partial charge on any atom is -0.477 e. The van der Waals surface area contributed by atoms with Crippen molar-refractivity contribution in [3.8, 4) is 11.8 Å². The van der Waals surface area contributed by atoms with Crippen molar-refractivity contribution in [2.75, 3.05) is 31.3 Å². The van der Waals surface area contributed by atoms with Gasteiger partial charge in [-0.25, -0.2) is 4.79 Å². The number of aromatic carboxylic acids is 1. The number of ether oxygens (including phenoxy) is 2. The van der Waals surface area contributed by atoms with Gasteiger partial charge in [-0.15, -0.1) is 11.3 Å². The monoisotopic (exact) mass is 559 g/mol. The first-order valence-electron chi connectivity index (χ1n) is 13.9. The van der Waals surface area contributed by atoms with Crippen LogP contribution in [0.25, 0.3) is 0 Å². The van der Waals surface area contributed by atoms with Crippen LogP contribution in [0.5, 0.6) is 0 Å². The fourth-order valence-electron chi connectivity index (χ4n) is 5.39. The minimum absolute atomic E-state index is 0.00640. The summed E-state index contributed by atoms with van der Waals surface area (Å²) in [6.07, 6.45) is 7.16. The normalized spacial score (nSPS) is 27.4. The second-order valence-electron chi connectivity index (χ2n) is 11.9. The molecule has 1 amide bonds. The fraction of sp³-hybridized carbons (Fsp3) is 0.667. The molecule has 1 aliphatic heterocycles. The van der Waals surface area contributed by atoms with Crippen molar-refractivity contribution in [1.82, 2.24) is 0 Å². The van der Waals surface area contributed by atoms with Crippen molar-refractivity contribution in [2.24, 2.45) is 11.3 Å². The van der Waals surface area contributed by atoms with Crippen molar-refractivity contribution < 1.29 is 34.4 Å². The Bertz CT molecular complexity index is 1130. The Morgan fingerprint density at radius 2 is 2.00 bits per heavy atom. The fourth-order valence-corrected chi connectivity index (χ4v) is 6.23. The second-order valence-corrected chi connectivity index (χ2v) is 13.0. The lowest BCUT2D eigenvalue weighted by Crippen LogP contribution is -2.50. The van der Waals surface area contributed by atoms with Crippen molar-refractivity contribution in [1.29, 1.82) is 0 Å². The molecule has 0 aromatic carbocycles. The molecular weight excluding hydrogens is 518 g/mol. The zero-order valence-corrected chi connectivity index (χ0v) is 24.0. The van der Waals surface area contributed by atoms with Crippen LogP contribution in [0.1, 0.15) is 86.7 Å². The summed E-state index contributed by atoms with van der Waals surface area (Å²) >= 11 is 1.06. The first-order valence-corrected chi connectivity index (χ1v) is 14.7. The predicted octanol–water partition coefficient (Wildman–Crippen LogP) is 4.37. The molecule has 4 rings (SSSR count). The maximum atomic E-state index is 14.1. The SMILES string of the molecule is CC1=CC[C@H](C(=O)N(c2cc(C#CC(C)(C)CO)sc2C(=O)O)[C@H]2CC[C@](O)(CO[C@H]3CCOC3)CC2)CC1. The molecule has 3 aliphatic rings. The van der Waals surface area contributed by atoms with Crippen LogP contribution in [0.3, 0.4) is 0 Å². The lowest BCUT2D eigenvalue weighted by molar-refractivity contribution is -0.124. The highest BCUT2D eigenvalue weighted by molar-refractivity contribution is 7.15. The number of nitrogens with zero attached hydrogens (tertiary/aromatic N) is 1. The average molecular weight is 560 g/mol. The molecule has 2 atom stereocenters. The van der Waals surface area contributed by atoms with E-state index in [0.29, 0.717) is 55.9 Å². The highest BCUT2D eigenvalue weighted by Gasteiger charge is 2.41. The van der Waals surface area contributed by atoms with E-state index in [9.17, 15) is 24.9 Å². The van der Waals surface area contributed by atoms with Crippen molar-refractivity contribution in [3.05, 3.63) is 27.5 Å². The number of carboxylic acids is 1. The van der Waals surface area contributed by atoms with Crippen molar-refractivity contribution in [2.45, 2.75) is 89.9 Å². The first-order chi connectivity index (χ1) is 18.5. The van der Waals surface area contributed by atoms with Gasteiger partial charge in [0.1, 0.15) is 4.88 Å². The van der Waals surface area contributed by atoms with Gasteiger partial charge in [-0.05, 0) is 78.2 Å². The van der Waals surface area contributed by atoms with Crippen LogP contribution in [-0.2, 0) is 14.3 Å². The van der Waals surface area contributed by atoms with E-state index in [1.807, 2.05) is 13.8 Å². The van der Waals surface area contributed by atoms with Crippen LogP contribution in [-0.4, -0.2) is 71.4 Å². The summed E-state index contributed by atoms with van der Waals surface area (Å²) in [4.78, 5) is 28.7. The van der Waals surface area contributed by atoms with Crippen molar-refractivity contribution >= 4 is 28.9 Å². The van der Waals surface area contributed by atoms with Gasteiger partial charge in [0.25, 0.3) is 0 Å². The molecule has 1 aromatic rings. The highest BCUT2D eigenvalue weighted by atomic mass is 32.1. The third-order valence-electron chi connectivity index (χ3n) is 8.04. The zero-order chi connectivity index (χ0) is 28.2. The molecule has 1 saturated carbocycles. The van der Waals surface area contributed by atoms with E-state index in [4.69, 9.17) is 9.47 Å². The molecule has 0 radical (unpaired) electrons. The molecule has 3 N–H and O–H groups in total. The van der Waals surface area contributed by atoms with Gasteiger partial charge in [0, 0.05) is 24.0 Å². The molecule has 9 heteroatoms. The van der Waals surface area contributed by atoms with Gasteiger partial charge in [-0.1, -0.05) is 23.5 Å². The van der Waals surface area contributed by atoms with Gasteiger partial charge >= 0.3 is 5.97 Å². The highest BCUT2D eigenvalue weighted by Crippen LogP contribution is 2.40. The van der Waals surface area contributed by atoms with Gasteiger partial charge in [0.2, 0.25) is 5.91 Å². The minimum atomic E-state index is -1.10. The molecule has 1 aromatic heterocycles. The largest absolute Gasteiger partial charge is 0.477 e. The number of hydrogen-bond donors (Lipinski definition) is 3. The van der Waals surface area contributed by atoms with Crippen LogP contribution in [0.4, 0.5) is 5.69 Å². The van der Waals surface area contributed by atoms with E-state index < -0.39 is 17.0 Å². The topological polar surface area (TPSA) is 117 Å². The molecule has 2 heterocycles. The number of rotatable bonds is 8. The van der Waals surface area contributed by atoms with Crippen LogP contribution < -0.4 is 4.90 Å². The van der Waals surface area contributed by atoms with E-state index in [1.165, 1.54) is 5.57 Å². The Hall–Kier alpha value is -2.22. The van der Waals surface area contributed by atoms with Gasteiger partial charge < -0.3 is 29.7 Å². The van der Waals surface area contributed by atoms with Crippen LogP contribution in [0.15, 0.2) is 17.7 Å². The van der Waals surface area contributed by atoms with Crippen molar-refractivity contribution in [3.63, 3.8) is 0 Å². The number of carbonyl (C=O) groups is 2. The van der Waals surface area contributed by atoms with Gasteiger partial charge in [0.15, 0.2) is 0 Å². The summed E-state index contributed by atoms with van der Waals surface area (Å²) in [6.45, 7) is 7.03. The van der Waals surface area contributed by atoms with E-state index in [2.05, 4.69) is 24.8 Å². The Balaban J connectivity index is 1.60. The number of carbonyl (C=O) groups excluding carboxylic acids is 1. The molecule has 0 spiro atoms. The number of hydrogen-bond acceptors (Lipinski definition) is 7. The Kier molecular flexibility index (Phi) is 9.56. The quantitative estimate of drug-likeness (QED) is 0.320. The average Bonchev–Trinajstić information content (AvgIpc) is 3.59. The number of allylic oxidation sites excluding steroid dienone is 2. The summed E-state index contributed by atoms with van der Waals surface area (Å²) < 4.78 is 11.3. The van der Waals surface area contributed by atoms with Gasteiger partial charge in [-0.2, -0.15) is 0 Å². The number of carboxylic acid groups (broad SMARTS) is 1. The van der Waals surface area contributed by atoms with E-state index in [-0.39, 0.29) is 42.1 Å². The third kappa shape index (κ3) is 7.50. The number of aliphatic hydroxyl groups excluding tert-OH is 1. The summed E-state index contributed by atoms with van der Waals surface area (Å²) in [5, 5.41) is 30.9. The zero-order valence-electron chi connectivity index (χ0n) is 23.2. The van der Waals surface area contributed by atoms with Crippen LogP contribution in [0, 0.1) is 23.2 Å². The molecule has 0 unspecified atom stereocenters. The number of thiophene rings is 1. The predicted molar refractivity (Wildman–Crippen MR) is 150 cm³/mol. The number of aliphatic hydroxyl groups is 2. The summed E-state index contributed by atoms with van der Waals surface area (Å²) in [6, 6.07) is 1.47. The van der Waals surface area contributed by atoms with E-state index in [0.717, 1.165) is 30.6 Å². The summed E-state index contributed by atoms with van der Waals surface area (Å²) in [7, 11) is 0. The summed E-state index contributed by atoms with van der Waals surface area (Å²) in [5.74, 6) is 4.66. The third-order valence-corrected chi connectivity index (χ3v) is 9.06. The van der Waals surface area contributed by atoms with Crippen LogP contribution >= 0.6 is 11.3 Å². The molecule has 39 heavy (non-hydrogen) atoms. The standard InChI is InChI=1S/C30H41NO7S/c1-20-4-6-21(7-5-20)27(33)31(22-8-13-30(36,14-9-22)19-38-23-11-15-37-17-23)25-16-24(39-26(25)28(34)35)10-12-29(2,3)18-32/h4,16,21-23,32,36H,5-9,11,13-15,17-19H2,1-3H3,(H,34,35)/t21-,22-,23-,30+/m0/s1. The second kappa shape index (κ2) is 12.5. The van der Waals surface area contributed by atoms with Gasteiger partial charge in [0.05, 0.1) is 42.1 Å². The Morgan fingerprint density at radius 3 is 2.59 bits per heavy atom. The van der Waals surface area contributed by atoms with Crippen LogP contribution in [0.2, 0.25) is 0 Å². The van der Waals surface area contributed by atoms with E-state index in [1.54, 1.807) is 11.0 Å². The lowest BCUT2D eigenvalue weighted by Gasteiger charge is -2.42. The molecular formula is C30H41NO7S. The molecule has 214 valence electrons. The Morgan fingerprint density at radius 1 is 1.26 bits per heavy atom. The summed E-state index contributed by atoms with van der Waals surface area (Å²) in [5.41, 5.74) is 0.0435. The molecule has 0 bridgehead atoms. The number of amides is 1. The smallest absolute Gasteiger partial charge is 0.348 e. The Labute approximate surface area is 235 Å². The maximum absolute atomic E-state index is 14.1. The number of anilines is 1. The first kappa shape index (κ1) is 29.8. The lowest BCUT2D eigenvalue weighted by atomic mass is 9.81. The van der Waals surface area contributed by atoms with Gasteiger partial charge in [-0.3, -0.25) is 4.79 Å². The molecule has 1 saturated heterocycles. The molecule has 2 aliphatic carbocycles. The molecule has 8 nitrogen and oxygen atoms in total. The van der Waals surface area contributed by atoms with E-state index >= 15 is 0 Å². The molecule has 2 fully saturated rings. The maximum Gasteiger partial charge on any atom is 0.348 e.